The molecule has 8 nitrogen and oxygen atoms in total. The minimum Gasteiger partial charge on any atom is -0.376 e. The number of aromatic nitrogens is 3. The van der Waals surface area contributed by atoms with Crippen molar-refractivity contribution in [2.24, 2.45) is 0 Å². The van der Waals surface area contributed by atoms with Crippen LogP contribution in [0.5, 0.6) is 0 Å². The van der Waals surface area contributed by atoms with Crippen molar-refractivity contribution in [3.63, 3.8) is 0 Å². The molecule has 2 aromatic heterocycles. The Hall–Kier alpha value is -4.01. The monoisotopic (exact) mass is 496 g/mol. The maximum atomic E-state index is 12.5. The van der Waals surface area contributed by atoms with E-state index in [1.165, 1.54) is 5.56 Å². The Morgan fingerprint density at radius 1 is 1.14 bits per heavy atom. The lowest BCUT2D eigenvalue weighted by Gasteiger charge is -2.21. The number of likely N-dealkylation sites (N-methyl/N-ethyl adjacent to an activating group) is 1. The van der Waals surface area contributed by atoms with E-state index in [2.05, 4.69) is 33.4 Å². The number of ether oxygens (including phenoxy) is 1. The van der Waals surface area contributed by atoms with E-state index in [9.17, 15) is 4.79 Å². The number of benzene rings is 2. The fraction of sp³-hybridized carbons (Fsp3) is 0.276. The Labute approximate surface area is 217 Å². The van der Waals surface area contributed by atoms with Crippen LogP contribution >= 0.6 is 0 Å². The smallest absolute Gasteiger partial charge is 0.248 e. The molecule has 0 fully saturated rings. The van der Waals surface area contributed by atoms with Gasteiger partial charge in [0, 0.05) is 42.2 Å². The number of anilines is 2. The van der Waals surface area contributed by atoms with Crippen LogP contribution in [0.15, 0.2) is 66.7 Å². The molecular weight excluding hydrogens is 464 g/mol. The highest BCUT2D eigenvalue weighted by Crippen LogP contribution is 2.31. The maximum absolute atomic E-state index is 12.5. The summed E-state index contributed by atoms with van der Waals surface area (Å²) in [5.74, 6) is 1.25. The van der Waals surface area contributed by atoms with Crippen LogP contribution in [0.1, 0.15) is 22.5 Å². The van der Waals surface area contributed by atoms with Gasteiger partial charge in [-0.25, -0.2) is 4.98 Å². The van der Waals surface area contributed by atoms with Gasteiger partial charge in [-0.3, -0.25) is 9.36 Å². The average molecular weight is 497 g/mol. The molecule has 0 aliphatic carbocycles. The zero-order valence-electron chi connectivity index (χ0n) is 21.5. The van der Waals surface area contributed by atoms with Gasteiger partial charge in [-0.2, -0.15) is 4.98 Å². The van der Waals surface area contributed by atoms with Gasteiger partial charge in [0.15, 0.2) is 0 Å². The van der Waals surface area contributed by atoms with Gasteiger partial charge < -0.3 is 20.3 Å². The minimum absolute atomic E-state index is 0.155. The van der Waals surface area contributed by atoms with E-state index in [-0.39, 0.29) is 5.91 Å². The summed E-state index contributed by atoms with van der Waals surface area (Å²) in [6.45, 7) is 4.53. The van der Waals surface area contributed by atoms with Crippen LogP contribution in [0.2, 0.25) is 0 Å². The second kappa shape index (κ2) is 10.9. The number of carbonyl (C=O) groups is 1. The van der Waals surface area contributed by atoms with E-state index in [0.717, 1.165) is 45.8 Å². The molecule has 0 unspecified atom stereocenters. The fourth-order valence-electron chi connectivity index (χ4n) is 4.53. The minimum atomic E-state index is -0.155. The average Bonchev–Trinajstić information content (AvgIpc) is 3.24. The first-order valence-electron chi connectivity index (χ1n) is 12.5. The van der Waals surface area contributed by atoms with Crippen LogP contribution < -0.4 is 10.6 Å². The number of hydrogen-bond acceptors (Lipinski definition) is 6. The van der Waals surface area contributed by atoms with Crippen LogP contribution in [-0.4, -0.2) is 52.6 Å². The molecule has 8 heteroatoms. The van der Waals surface area contributed by atoms with Gasteiger partial charge >= 0.3 is 0 Å². The molecule has 0 spiro atoms. The van der Waals surface area contributed by atoms with Crippen LogP contribution in [0.4, 0.5) is 11.5 Å². The third-order valence-corrected chi connectivity index (χ3v) is 6.34. The summed E-state index contributed by atoms with van der Waals surface area (Å²) >= 11 is 0. The standard InChI is InChI=1S/C29H32N6O2/c1-20-17-22-24(31-27(36)13-8-15-34(2)3)11-7-12-26(22)35(20)29-32-25-14-16-37-19-23(25)28(33-29)30-18-21-9-5-4-6-10-21/h4-13,17H,14-16,18-19H2,1-3H3,(H,31,36)(H,30,32,33)/b13-8+. The Morgan fingerprint density at radius 3 is 2.78 bits per heavy atom. The Kier molecular flexibility index (Phi) is 7.30. The number of carbonyl (C=O) groups excluding carboxylic acids is 1. The van der Waals surface area contributed by atoms with Crippen LogP contribution in [0.3, 0.4) is 0 Å². The molecule has 3 heterocycles. The second-order valence-corrected chi connectivity index (χ2v) is 9.45. The first kappa shape index (κ1) is 24.7. The second-order valence-electron chi connectivity index (χ2n) is 9.45. The zero-order valence-corrected chi connectivity index (χ0v) is 21.5. The molecule has 37 heavy (non-hydrogen) atoms. The summed E-state index contributed by atoms with van der Waals surface area (Å²) in [5.41, 5.74) is 5.87. The van der Waals surface area contributed by atoms with Crippen molar-refractivity contribution in [2.45, 2.75) is 26.5 Å². The van der Waals surface area contributed by atoms with Crippen molar-refractivity contribution in [3.05, 3.63) is 89.3 Å². The zero-order chi connectivity index (χ0) is 25.8. The molecule has 0 saturated heterocycles. The molecule has 1 amide bonds. The first-order chi connectivity index (χ1) is 18.0. The predicted octanol–water partition coefficient (Wildman–Crippen LogP) is 4.47. The summed E-state index contributed by atoms with van der Waals surface area (Å²) < 4.78 is 7.78. The SMILES string of the molecule is Cc1cc2c(NC(=O)/C=C/CN(C)C)cccc2n1-c1nc2c(c(NCc3ccccc3)n1)COCC2. The van der Waals surface area contributed by atoms with Crippen molar-refractivity contribution in [1.29, 1.82) is 0 Å². The highest BCUT2D eigenvalue weighted by Gasteiger charge is 2.21. The van der Waals surface area contributed by atoms with Crippen molar-refractivity contribution >= 4 is 28.3 Å². The van der Waals surface area contributed by atoms with Crippen molar-refractivity contribution in [3.8, 4) is 5.95 Å². The lowest BCUT2D eigenvalue weighted by atomic mass is 10.1. The van der Waals surface area contributed by atoms with Gasteiger partial charge in [-0.15, -0.1) is 0 Å². The van der Waals surface area contributed by atoms with Crippen molar-refractivity contribution in [1.82, 2.24) is 19.4 Å². The van der Waals surface area contributed by atoms with Crippen LogP contribution in [0, 0.1) is 6.92 Å². The number of rotatable bonds is 8. The quantitative estimate of drug-likeness (QED) is 0.350. The molecule has 5 rings (SSSR count). The highest BCUT2D eigenvalue weighted by atomic mass is 16.5. The number of fused-ring (bicyclic) bond motifs is 2. The Balaban J connectivity index is 1.50. The normalized spacial score (nSPS) is 13.3. The Bertz CT molecular complexity index is 1440. The Morgan fingerprint density at radius 2 is 1.97 bits per heavy atom. The molecule has 1 aliphatic heterocycles. The van der Waals surface area contributed by atoms with E-state index in [0.29, 0.717) is 32.3 Å². The largest absolute Gasteiger partial charge is 0.376 e. The lowest BCUT2D eigenvalue weighted by Crippen LogP contribution is -2.19. The van der Waals surface area contributed by atoms with Gasteiger partial charge in [0.05, 0.1) is 30.1 Å². The molecule has 0 saturated carbocycles. The predicted molar refractivity (Wildman–Crippen MR) is 147 cm³/mol. The number of nitrogens with one attached hydrogen (secondary N) is 2. The summed E-state index contributed by atoms with van der Waals surface area (Å²) in [4.78, 5) is 24.4. The summed E-state index contributed by atoms with van der Waals surface area (Å²) in [6.07, 6.45) is 4.16. The molecule has 0 atom stereocenters. The first-order valence-corrected chi connectivity index (χ1v) is 12.5. The number of nitrogens with zero attached hydrogens (tertiary/aromatic N) is 4. The van der Waals surface area contributed by atoms with Crippen LogP contribution in [0.25, 0.3) is 16.9 Å². The summed E-state index contributed by atoms with van der Waals surface area (Å²) in [5, 5.41) is 7.48. The molecule has 4 aromatic rings. The van der Waals surface area contributed by atoms with Gasteiger partial charge in [0.1, 0.15) is 5.82 Å². The number of aryl methyl sites for hydroxylation is 1. The van der Waals surface area contributed by atoms with Crippen molar-refractivity contribution < 1.29 is 9.53 Å². The van der Waals surface area contributed by atoms with Gasteiger partial charge in [-0.1, -0.05) is 42.5 Å². The molecule has 190 valence electrons. The number of amides is 1. The van der Waals surface area contributed by atoms with E-state index >= 15 is 0 Å². The summed E-state index contributed by atoms with van der Waals surface area (Å²) in [7, 11) is 3.93. The highest BCUT2D eigenvalue weighted by molar-refractivity contribution is 6.06. The molecular formula is C29H32N6O2. The maximum Gasteiger partial charge on any atom is 0.248 e. The summed E-state index contributed by atoms with van der Waals surface area (Å²) in [6, 6.07) is 18.2. The third-order valence-electron chi connectivity index (χ3n) is 6.34. The van der Waals surface area contributed by atoms with E-state index in [1.54, 1.807) is 6.08 Å². The van der Waals surface area contributed by atoms with Gasteiger partial charge in [-0.05, 0) is 44.8 Å². The van der Waals surface area contributed by atoms with E-state index in [1.807, 2.05) is 68.4 Å². The van der Waals surface area contributed by atoms with Gasteiger partial charge in [0.25, 0.3) is 0 Å². The van der Waals surface area contributed by atoms with Crippen molar-refractivity contribution in [2.75, 3.05) is 37.9 Å². The topological polar surface area (TPSA) is 84.3 Å². The molecule has 2 aromatic carbocycles. The molecule has 0 radical (unpaired) electrons. The lowest BCUT2D eigenvalue weighted by molar-refractivity contribution is -0.111. The molecule has 2 N–H and O–H groups in total. The van der Waals surface area contributed by atoms with E-state index < -0.39 is 0 Å². The molecule has 1 aliphatic rings. The van der Waals surface area contributed by atoms with E-state index in [4.69, 9.17) is 14.7 Å². The third kappa shape index (κ3) is 5.55. The van der Waals surface area contributed by atoms with Crippen LogP contribution in [-0.2, 0) is 29.1 Å². The fourth-order valence-corrected chi connectivity index (χ4v) is 4.53. The molecule has 0 bridgehead atoms. The number of hydrogen-bond donors (Lipinski definition) is 2. The van der Waals surface area contributed by atoms with Gasteiger partial charge in [0.2, 0.25) is 11.9 Å².